The molecule has 3 rings (SSSR count). The fourth-order valence-electron chi connectivity index (χ4n) is 3.18. The van der Waals surface area contributed by atoms with Crippen LogP contribution in [0.1, 0.15) is 19.4 Å². The predicted octanol–water partition coefficient (Wildman–Crippen LogP) is 2.11. The molecule has 1 heterocycles. The lowest BCUT2D eigenvalue weighted by atomic mass is 9.82. The van der Waals surface area contributed by atoms with Crippen LogP contribution in [-0.2, 0) is 26.5 Å². The number of hydrogen-bond donors (Lipinski definition) is 1. The van der Waals surface area contributed by atoms with Crippen LogP contribution in [0.3, 0.4) is 0 Å². The Labute approximate surface area is 148 Å². The van der Waals surface area contributed by atoms with Crippen LogP contribution >= 0.6 is 0 Å². The first-order valence-corrected chi connectivity index (χ1v) is 10.7. The van der Waals surface area contributed by atoms with Crippen LogP contribution in [0.2, 0.25) is 0 Å². The number of benzene rings is 2. The summed E-state index contributed by atoms with van der Waals surface area (Å²) in [5.41, 5.74) is 1.21. The lowest BCUT2D eigenvalue weighted by Crippen LogP contribution is -2.44. The third kappa shape index (κ3) is 3.29. The maximum absolute atomic E-state index is 13.3. The van der Waals surface area contributed by atoms with Crippen molar-refractivity contribution in [2.24, 2.45) is 10.6 Å². The average Bonchev–Trinajstić information content (AvgIpc) is 2.52. The molecule has 8 heteroatoms. The average molecular weight is 380 g/mol. The zero-order valence-electron chi connectivity index (χ0n) is 14.0. The molecule has 0 saturated carbocycles. The van der Waals surface area contributed by atoms with Crippen LogP contribution in [0.4, 0.5) is 5.69 Å². The van der Waals surface area contributed by atoms with Gasteiger partial charge in [-0.1, -0.05) is 44.2 Å². The molecule has 1 aliphatic heterocycles. The van der Waals surface area contributed by atoms with Crippen LogP contribution in [0.5, 0.6) is 0 Å². The molecule has 6 nitrogen and oxygen atoms in total. The molecule has 0 bridgehead atoms. The van der Waals surface area contributed by atoms with Gasteiger partial charge in [-0.2, -0.15) is 0 Å². The second-order valence-corrected chi connectivity index (χ2v) is 10.3. The highest BCUT2D eigenvalue weighted by atomic mass is 32.2. The SMILES string of the molecule is CC1(C)Cc2ccccc2N(S(=O)(=O)c2ccccc2S(N)(=O)=O)C1. The van der Waals surface area contributed by atoms with Crippen molar-refractivity contribution in [1.29, 1.82) is 0 Å². The van der Waals surface area contributed by atoms with Crippen molar-refractivity contribution in [3.63, 3.8) is 0 Å². The smallest absolute Gasteiger partial charge is 0.265 e. The fraction of sp³-hybridized carbons (Fsp3) is 0.294. The molecule has 0 atom stereocenters. The Morgan fingerprint density at radius 3 is 2.12 bits per heavy atom. The van der Waals surface area contributed by atoms with E-state index in [2.05, 4.69) is 0 Å². The molecule has 2 N–H and O–H groups in total. The highest BCUT2D eigenvalue weighted by Gasteiger charge is 2.38. The Morgan fingerprint density at radius 2 is 1.48 bits per heavy atom. The number of hydrogen-bond acceptors (Lipinski definition) is 4. The molecular formula is C17H20N2O4S2. The van der Waals surface area contributed by atoms with Gasteiger partial charge in [0, 0.05) is 6.54 Å². The van der Waals surface area contributed by atoms with Gasteiger partial charge in [-0.25, -0.2) is 22.0 Å². The molecule has 0 spiro atoms. The molecule has 0 saturated heterocycles. The molecular weight excluding hydrogens is 360 g/mol. The number of nitrogens with two attached hydrogens (primary N) is 1. The first-order chi connectivity index (χ1) is 11.5. The normalized spacial score (nSPS) is 17.2. The molecule has 0 aliphatic carbocycles. The van der Waals surface area contributed by atoms with Crippen molar-refractivity contribution in [3.05, 3.63) is 54.1 Å². The summed E-state index contributed by atoms with van der Waals surface area (Å²) in [5, 5.41) is 5.22. The summed E-state index contributed by atoms with van der Waals surface area (Å²) in [5.74, 6) is 0. The van der Waals surface area contributed by atoms with Gasteiger partial charge in [-0.05, 0) is 35.6 Å². The van der Waals surface area contributed by atoms with E-state index in [-0.39, 0.29) is 16.9 Å². The number of sulfonamides is 2. The highest BCUT2D eigenvalue weighted by Crippen LogP contribution is 2.39. The molecule has 134 valence electrons. The zero-order chi connectivity index (χ0) is 18.5. The molecule has 2 aromatic carbocycles. The van der Waals surface area contributed by atoms with Gasteiger partial charge in [0.25, 0.3) is 10.0 Å². The van der Waals surface area contributed by atoms with Crippen molar-refractivity contribution >= 4 is 25.7 Å². The van der Waals surface area contributed by atoms with E-state index in [0.717, 1.165) is 12.0 Å². The van der Waals surface area contributed by atoms with E-state index in [1.165, 1.54) is 28.6 Å². The minimum Gasteiger partial charge on any atom is -0.265 e. The second kappa shape index (κ2) is 5.82. The van der Waals surface area contributed by atoms with E-state index in [1.807, 2.05) is 26.0 Å². The maximum atomic E-state index is 13.3. The number of primary sulfonamides is 1. The third-order valence-corrected chi connectivity index (χ3v) is 7.14. The fourth-order valence-corrected chi connectivity index (χ4v) is 6.23. The Kier molecular flexibility index (Phi) is 4.17. The second-order valence-electron chi connectivity index (χ2n) is 6.97. The molecule has 0 aromatic heterocycles. The summed E-state index contributed by atoms with van der Waals surface area (Å²) in [7, 11) is -8.25. The lowest BCUT2D eigenvalue weighted by Gasteiger charge is -2.40. The first-order valence-electron chi connectivity index (χ1n) is 7.75. The number of nitrogens with zero attached hydrogens (tertiary/aromatic N) is 1. The van der Waals surface area contributed by atoms with E-state index in [1.54, 1.807) is 12.1 Å². The summed E-state index contributed by atoms with van der Waals surface area (Å²) in [6.45, 7) is 4.22. The molecule has 0 amide bonds. The number of anilines is 1. The van der Waals surface area contributed by atoms with E-state index in [9.17, 15) is 16.8 Å². The summed E-state index contributed by atoms with van der Waals surface area (Å²) >= 11 is 0. The molecule has 0 unspecified atom stereocenters. The van der Waals surface area contributed by atoms with Gasteiger partial charge in [0.05, 0.1) is 5.69 Å². The van der Waals surface area contributed by atoms with E-state index in [4.69, 9.17) is 5.14 Å². The Hall–Kier alpha value is -1.90. The highest BCUT2D eigenvalue weighted by molar-refractivity contribution is 7.94. The van der Waals surface area contributed by atoms with Gasteiger partial charge in [0.1, 0.15) is 9.79 Å². The van der Waals surface area contributed by atoms with Gasteiger partial charge in [0.2, 0.25) is 10.0 Å². The van der Waals surface area contributed by atoms with Gasteiger partial charge >= 0.3 is 0 Å². The molecule has 1 aliphatic rings. The van der Waals surface area contributed by atoms with Crippen molar-refractivity contribution in [2.75, 3.05) is 10.8 Å². The standard InChI is InChI=1S/C17H20N2O4S2/c1-17(2)11-13-7-3-4-8-14(13)19(12-17)25(22,23)16-10-6-5-9-15(16)24(18,20)21/h3-10H,11-12H2,1-2H3,(H2,18,20,21). The predicted molar refractivity (Wildman–Crippen MR) is 96.3 cm³/mol. The number of fused-ring (bicyclic) bond motifs is 1. The third-order valence-electron chi connectivity index (χ3n) is 4.22. The number of para-hydroxylation sites is 1. The van der Waals surface area contributed by atoms with Crippen molar-refractivity contribution in [1.82, 2.24) is 0 Å². The Bertz CT molecular complexity index is 1030. The van der Waals surface area contributed by atoms with Crippen LogP contribution in [-0.4, -0.2) is 23.4 Å². The number of rotatable bonds is 3. The summed E-state index contributed by atoms with van der Waals surface area (Å²) < 4.78 is 51.6. The molecule has 2 aromatic rings. The monoisotopic (exact) mass is 380 g/mol. The Balaban J connectivity index is 2.23. The molecule has 0 fully saturated rings. The first kappa shape index (κ1) is 17.9. The van der Waals surface area contributed by atoms with Crippen molar-refractivity contribution in [2.45, 2.75) is 30.1 Å². The quantitative estimate of drug-likeness (QED) is 0.882. The van der Waals surface area contributed by atoms with Crippen LogP contribution in [0.25, 0.3) is 0 Å². The van der Waals surface area contributed by atoms with Gasteiger partial charge in [-0.15, -0.1) is 0 Å². The summed E-state index contributed by atoms with van der Waals surface area (Å²) in [6.07, 6.45) is 0.742. The van der Waals surface area contributed by atoms with Gasteiger partial charge < -0.3 is 0 Å². The van der Waals surface area contributed by atoms with Crippen LogP contribution in [0.15, 0.2) is 58.3 Å². The topological polar surface area (TPSA) is 97.5 Å². The largest absolute Gasteiger partial charge is 0.265 e. The minimum atomic E-state index is -4.17. The van der Waals surface area contributed by atoms with E-state index in [0.29, 0.717) is 5.69 Å². The van der Waals surface area contributed by atoms with Gasteiger partial charge in [0.15, 0.2) is 0 Å². The summed E-state index contributed by atoms with van der Waals surface area (Å²) in [4.78, 5) is -0.694. The molecule has 25 heavy (non-hydrogen) atoms. The van der Waals surface area contributed by atoms with E-state index < -0.39 is 24.9 Å². The zero-order valence-corrected chi connectivity index (χ0v) is 15.6. The maximum Gasteiger partial charge on any atom is 0.265 e. The summed E-state index contributed by atoms with van der Waals surface area (Å²) in [6, 6.07) is 12.7. The molecule has 0 radical (unpaired) electrons. The van der Waals surface area contributed by atoms with Gasteiger partial charge in [-0.3, -0.25) is 4.31 Å². The Morgan fingerprint density at radius 1 is 0.920 bits per heavy atom. The van der Waals surface area contributed by atoms with E-state index >= 15 is 0 Å². The van der Waals surface area contributed by atoms with Crippen LogP contribution < -0.4 is 9.44 Å². The lowest BCUT2D eigenvalue weighted by molar-refractivity contribution is 0.364. The van der Waals surface area contributed by atoms with Crippen molar-refractivity contribution in [3.8, 4) is 0 Å². The minimum absolute atomic E-state index is 0.255. The van der Waals surface area contributed by atoms with Crippen LogP contribution in [0, 0.1) is 5.41 Å². The van der Waals surface area contributed by atoms with Crippen molar-refractivity contribution < 1.29 is 16.8 Å².